The van der Waals surface area contributed by atoms with Gasteiger partial charge in [0.05, 0.1) is 7.11 Å². The molecular formula is C23H29NO6. The number of carboxylic acids is 2. The van der Waals surface area contributed by atoms with Crippen LogP contribution < -0.4 is 9.47 Å². The minimum absolute atomic E-state index is 0.558. The zero-order valence-corrected chi connectivity index (χ0v) is 17.3. The lowest BCUT2D eigenvalue weighted by atomic mass is 10.1. The van der Waals surface area contributed by atoms with Crippen molar-refractivity contribution in [1.82, 2.24) is 4.90 Å². The van der Waals surface area contributed by atoms with Crippen LogP contribution in [0.2, 0.25) is 0 Å². The molecule has 0 amide bonds. The Morgan fingerprint density at radius 3 is 2.07 bits per heavy atom. The molecule has 162 valence electrons. The van der Waals surface area contributed by atoms with E-state index in [0.717, 1.165) is 23.6 Å². The zero-order valence-electron chi connectivity index (χ0n) is 17.3. The van der Waals surface area contributed by atoms with Crippen LogP contribution in [-0.2, 0) is 22.7 Å². The molecule has 7 nitrogen and oxygen atoms in total. The third-order valence-corrected chi connectivity index (χ3v) is 4.75. The van der Waals surface area contributed by atoms with Crippen LogP contribution in [-0.4, -0.2) is 47.3 Å². The summed E-state index contributed by atoms with van der Waals surface area (Å²) in [5.41, 5.74) is 2.45. The molecule has 7 heteroatoms. The Hall–Kier alpha value is -3.06. The van der Waals surface area contributed by atoms with Crippen LogP contribution in [0.25, 0.3) is 0 Å². The minimum atomic E-state index is -1.82. The number of carbonyl (C=O) groups is 2. The number of carboxylic acid groups (broad SMARTS) is 2. The van der Waals surface area contributed by atoms with Crippen molar-refractivity contribution in [1.29, 1.82) is 0 Å². The number of aliphatic carboxylic acids is 2. The normalized spacial score (nSPS) is 14.0. The number of rotatable bonds is 6. The van der Waals surface area contributed by atoms with Gasteiger partial charge in [-0.25, -0.2) is 9.59 Å². The molecule has 0 atom stereocenters. The topological polar surface area (TPSA) is 96.3 Å². The van der Waals surface area contributed by atoms with Crippen molar-refractivity contribution < 1.29 is 29.3 Å². The second kappa shape index (κ2) is 12.5. The van der Waals surface area contributed by atoms with Gasteiger partial charge < -0.3 is 19.7 Å². The van der Waals surface area contributed by atoms with E-state index in [0.29, 0.717) is 6.61 Å². The van der Waals surface area contributed by atoms with Gasteiger partial charge in [-0.1, -0.05) is 49.2 Å². The Kier molecular flexibility index (Phi) is 9.67. The molecule has 1 fully saturated rings. The predicted octanol–water partition coefficient (Wildman–Crippen LogP) is 3.81. The predicted molar refractivity (Wildman–Crippen MR) is 113 cm³/mol. The van der Waals surface area contributed by atoms with Gasteiger partial charge in [0.1, 0.15) is 6.61 Å². The molecular weight excluding hydrogens is 386 g/mol. The van der Waals surface area contributed by atoms with E-state index in [1.54, 1.807) is 7.11 Å². The Labute approximate surface area is 176 Å². The van der Waals surface area contributed by atoms with Gasteiger partial charge in [0.2, 0.25) is 0 Å². The number of methoxy groups -OCH3 is 1. The van der Waals surface area contributed by atoms with E-state index in [9.17, 15) is 0 Å². The average molecular weight is 415 g/mol. The summed E-state index contributed by atoms with van der Waals surface area (Å²) < 4.78 is 11.5. The standard InChI is InChI=1S/C21H27NO2.C2H2O4/c1-23-21-15-19(16-22-13-7-2-3-8-14-22)11-12-20(21)24-17-18-9-5-4-6-10-18;3-1(4)2(5)6/h4-6,9-12,15H,2-3,7-8,13-14,16-17H2,1H3;(H,3,4)(H,5,6). The summed E-state index contributed by atoms with van der Waals surface area (Å²) in [6.45, 7) is 3.96. The highest BCUT2D eigenvalue weighted by molar-refractivity contribution is 6.27. The van der Waals surface area contributed by atoms with Gasteiger partial charge in [-0.3, -0.25) is 4.90 Å². The van der Waals surface area contributed by atoms with Gasteiger partial charge in [-0.15, -0.1) is 0 Å². The summed E-state index contributed by atoms with van der Waals surface area (Å²) in [5.74, 6) is -2.02. The van der Waals surface area contributed by atoms with E-state index in [-0.39, 0.29) is 0 Å². The summed E-state index contributed by atoms with van der Waals surface area (Å²) in [7, 11) is 1.71. The molecule has 0 aromatic heterocycles. The van der Waals surface area contributed by atoms with Gasteiger partial charge in [0.15, 0.2) is 11.5 Å². The van der Waals surface area contributed by atoms with E-state index < -0.39 is 11.9 Å². The number of likely N-dealkylation sites (tertiary alicyclic amines) is 1. The first-order valence-electron chi connectivity index (χ1n) is 10.0. The van der Waals surface area contributed by atoms with E-state index in [1.807, 2.05) is 24.3 Å². The Bertz CT molecular complexity index is 789. The van der Waals surface area contributed by atoms with Crippen molar-refractivity contribution in [3.63, 3.8) is 0 Å². The molecule has 0 spiro atoms. The highest BCUT2D eigenvalue weighted by Crippen LogP contribution is 2.29. The number of nitrogens with zero attached hydrogens (tertiary/aromatic N) is 1. The molecule has 2 N–H and O–H groups in total. The molecule has 0 bridgehead atoms. The Morgan fingerprint density at radius 1 is 0.867 bits per heavy atom. The monoisotopic (exact) mass is 415 g/mol. The van der Waals surface area contributed by atoms with Crippen molar-refractivity contribution in [2.24, 2.45) is 0 Å². The van der Waals surface area contributed by atoms with Crippen molar-refractivity contribution in [2.75, 3.05) is 20.2 Å². The third kappa shape index (κ3) is 8.13. The SMILES string of the molecule is COc1cc(CN2CCCCCC2)ccc1OCc1ccccc1.O=C(O)C(=O)O. The fourth-order valence-electron chi connectivity index (χ4n) is 3.22. The Morgan fingerprint density at radius 2 is 1.50 bits per heavy atom. The van der Waals surface area contributed by atoms with Crippen LogP contribution in [0, 0.1) is 0 Å². The van der Waals surface area contributed by atoms with Gasteiger partial charge >= 0.3 is 11.9 Å². The highest BCUT2D eigenvalue weighted by atomic mass is 16.5. The smallest absolute Gasteiger partial charge is 0.414 e. The number of ether oxygens (including phenoxy) is 2. The lowest BCUT2D eigenvalue weighted by Crippen LogP contribution is -2.23. The van der Waals surface area contributed by atoms with Crippen molar-refractivity contribution in [3.8, 4) is 11.5 Å². The molecule has 0 saturated carbocycles. The summed E-state index contributed by atoms with van der Waals surface area (Å²) in [6.07, 6.45) is 5.36. The molecule has 3 rings (SSSR count). The first-order valence-corrected chi connectivity index (χ1v) is 10.0. The minimum Gasteiger partial charge on any atom is -0.493 e. The number of hydrogen-bond acceptors (Lipinski definition) is 5. The molecule has 1 saturated heterocycles. The second-order valence-corrected chi connectivity index (χ2v) is 7.06. The molecule has 0 unspecified atom stereocenters. The number of benzene rings is 2. The van der Waals surface area contributed by atoms with E-state index in [4.69, 9.17) is 29.3 Å². The van der Waals surface area contributed by atoms with Gasteiger partial charge in [0.25, 0.3) is 0 Å². The molecule has 1 heterocycles. The third-order valence-electron chi connectivity index (χ3n) is 4.75. The summed E-state index contributed by atoms with van der Waals surface area (Å²) >= 11 is 0. The molecule has 1 aliphatic heterocycles. The van der Waals surface area contributed by atoms with E-state index in [2.05, 4.69) is 29.2 Å². The maximum atomic E-state index is 9.10. The van der Waals surface area contributed by atoms with Crippen LogP contribution in [0.15, 0.2) is 48.5 Å². The summed E-state index contributed by atoms with van der Waals surface area (Å²) in [4.78, 5) is 20.7. The van der Waals surface area contributed by atoms with Crippen molar-refractivity contribution in [3.05, 3.63) is 59.7 Å². The molecule has 0 aliphatic carbocycles. The highest BCUT2D eigenvalue weighted by Gasteiger charge is 2.12. The maximum Gasteiger partial charge on any atom is 0.414 e. The van der Waals surface area contributed by atoms with E-state index in [1.165, 1.54) is 44.3 Å². The molecule has 2 aromatic rings. The first-order chi connectivity index (χ1) is 14.5. The van der Waals surface area contributed by atoms with Crippen LogP contribution >= 0.6 is 0 Å². The van der Waals surface area contributed by atoms with Crippen LogP contribution in [0.4, 0.5) is 0 Å². The van der Waals surface area contributed by atoms with Gasteiger partial charge in [-0.05, 0) is 49.2 Å². The lowest BCUT2D eigenvalue weighted by Gasteiger charge is -2.20. The molecule has 1 aliphatic rings. The van der Waals surface area contributed by atoms with Crippen LogP contribution in [0.3, 0.4) is 0 Å². The number of hydrogen-bond donors (Lipinski definition) is 2. The maximum absolute atomic E-state index is 9.10. The summed E-state index contributed by atoms with van der Waals surface area (Å²) in [6, 6.07) is 16.5. The van der Waals surface area contributed by atoms with Gasteiger partial charge in [-0.2, -0.15) is 0 Å². The molecule has 2 aromatic carbocycles. The zero-order chi connectivity index (χ0) is 21.8. The fourth-order valence-corrected chi connectivity index (χ4v) is 3.22. The van der Waals surface area contributed by atoms with Crippen LogP contribution in [0.1, 0.15) is 36.8 Å². The van der Waals surface area contributed by atoms with Crippen molar-refractivity contribution in [2.45, 2.75) is 38.8 Å². The summed E-state index contributed by atoms with van der Waals surface area (Å²) in [5, 5.41) is 14.8. The van der Waals surface area contributed by atoms with Crippen molar-refractivity contribution >= 4 is 11.9 Å². The molecule has 30 heavy (non-hydrogen) atoms. The van der Waals surface area contributed by atoms with Crippen LogP contribution in [0.5, 0.6) is 11.5 Å². The lowest BCUT2D eigenvalue weighted by molar-refractivity contribution is -0.159. The average Bonchev–Trinajstić information content (AvgIpc) is 3.02. The largest absolute Gasteiger partial charge is 0.493 e. The molecule has 0 radical (unpaired) electrons. The fraction of sp³-hybridized carbons (Fsp3) is 0.391. The van der Waals surface area contributed by atoms with E-state index >= 15 is 0 Å². The second-order valence-electron chi connectivity index (χ2n) is 7.06. The van der Waals surface area contributed by atoms with Gasteiger partial charge in [0, 0.05) is 6.54 Å². The quantitative estimate of drug-likeness (QED) is 0.693. The first kappa shape index (κ1) is 23.2. The Balaban J connectivity index is 0.000000469.